The molecule has 0 unspecified atom stereocenters. The van der Waals surface area contributed by atoms with Gasteiger partial charge in [0.2, 0.25) is 0 Å². The molecule has 0 N–H and O–H groups in total. The first-order chi connectivity index (χ1) is 4.97. The van der Waals surface area contributed by atoms with Crippen molar-refractivity contribution in [2.75, 3.05) is 26.2 Å². The number of hydrogen-bond acceptors (Lipinski definition) is 1. The van der Waals surface area contributed by atoms with Crippen LogP contribution < -0.4 is 5.32 Å². The third-order valence-electron chi connectivity index (χ3n) is 2.68. The zero-order valence-corrected chi connectivity index (χ0v) is 6.42. The summed E-state index contributed by atoms with van der Waals surface area (Å²) >= 11 is 0. The lowest BCUT2D eigenvalue weighted by Crippen LogP contribution is -2.48. The zero-order chi connectivity index (χ0) is 6.81. The van der Waals surface area contributed by atoms with E-state index in [0.29, 0.717) is 0 Å². The highest BCUT2D eigenvalue weighted by Gasteiger charge is 2.25. The monoisotopic (exact) mass is 139 g/mol. The first kappa shape index (κ1) is 6.62. The second-order valence-corrected chi connectivity index (χ2v) is 3.29. The SMILES string of the molecule is C1CC(N2CC[N]CC2)C1. The smallest absolute Gasteiger partial charge is 0.0261 e. The lowest BCUT2D eigenvalue weighted by atomic mass is 9.91. The Kier molecular flexibility index (Phi) is 1.91. The van der Waals surface area contributed by atoms with Crippen LogP contribution in [0.25, 0.3) is 0 Å². The second kappa shape index (κ2) is 2.89. The molecule has 2 nitrogen and oxygen atoms in total. The van der Waals surface area contributed by atoms with Gasteiger partial charge in [-0.15, -0.1) is 0 Å². The number of rotatable bonds is 1. The Labute approximate surface area is 62.6 Å². The fourth-order valence-electron chi connectivity index (χ4n) is 1.74. The molecule has 10 heavy (non-hydrogen) atoms. The molecule has 2 heteroatoms. The lowest BCUT2D eigenvalue weighted by Gasteiger charge is -2.39. The average Bonchev–Trinajstić information content (AvgIpc) is 1.86. The maximum atomic E-state index is 4.33. The van der Waals surface area contributed by atoms with Gasteiger partial charge in [-0.2, -0.15) is 0 Å². The van der Waals surface area contributed by atoms with Gasteiger partial charge in [0.15, 0.2) is 0 Å². The molecule has 1 heterocycles. The Morgan fingerprint density at radius 1 is 1.10 bits per heavy atom. The van der Waals surface area contributed by atoms with E-state index in [4.69, 9.17) is 0 Å². The van der Waals surface area contributed by atoms with Crippen LogP contribution in [0.4, 0.5) is 0 Å². The van der Waals surface area contributed by atoms with Gasteiger partial charge in [0.05, 0.1) is 0 Å². The molecule has 2 aliphatic rings. The van der Waals surface area contributed by atoms with Crippen LogP contribution >= 0.6 is 0 Å². The van der Waals surface area contributed by atoms with Crippen molar-refractivity contribution in [1.29, 1.82) is 0 Å². The summed E-state index contributed by atoms with van der Waals surface area (Å²) in [6.45, 7) is 4.61. The van der Waals surface area contributed by atoms with Crippen molar-refractivity contribution in [3.63, 3.8) is 0 Å². The maximum Gasteiger partial charge on any atom is 0.0261 e. The molecule has 1 radical (unpaired) electrons. The minimum Gasteiger partial charge on any atom is -0.298 e. The topological polar surface area (TPSA) is 17.3 Å². The summed E-state index contributed by atoms with van der Waals surface area (Å²) in [5.41, 5.74) is 0. The van der Waals surface area contributed by atoms with Crippen molar-refractivity contribution in [2.24, 2.45) is 0 Å². The molecule has 0 atom stereocenters. The Morgan fingerprint density at radius 2 is 1.80 bits per heavy atom. The summed E-state index contributed by atoms with van der Waals surface area (Å²) in [5, 5.41) is 4.33. The fraction of sp³-hybridized carbons (Fsp3) is 1.00. The molecule has 2 rings (SSSR count). The summed E-state index contributed by atoms with van der Waals surface area (Å²) in [6, 6.07) is 0.940. The predicted octanol–water partition coefficient (Wildman–Crippen LogP) is 0.459. The van der Waals surface area contributed by atoms with Gasteiger partial charge >= 0.3 is 0 Å². The first-order valence-electron chi connectivity index (χ1n) is 4.34. The van der Waals surface area contributed by atoms with E-state index < -0.39 is 0 Å². The summed E-state index contributed by atoms with van der Waals surface area (Å²) < 4.78 is 0. The molecule has 0 aromatic rings. The van der Waals surface area contributed by atoms with E-state index in [1.54, 1.807) is 0 Å². The fourth-order valence-corrected chi connectivity index (χ4v) is 1.74. The average molecular weight is 139 g/mol. The van der Waals surface area contributed by atoms with Gasteiger partial charge in [-0.25, -0.2) is 5.32 Å². The second-order valence-electron chi connectivity index (χ2n) is 3.29. The highest BCUT2D eigenvalue weighted by Crippen LogP contribution is 2.24. The largest absolute Gasteiger partial charge is 0.298 e. The third kappa shape index (κ3) is 1.18. The Balaban J connectivity index is 1.78. The normalized spacial score (nSPS) is 30.0. The highest BCUT2D eigenvalue weighted by atomic mass is 15.2. The van der Waals surface area contributed by atoms with Crippen molar-refractivity contribution < 1.29 is 0 Å². The van der Waals surface area contributed by atoms with Crippen LogP contribution in [0.15, 0.2) is 0 Å². The molecule has 0 bridgehead atoms. The van der Waals surface area contributed by atoms with Crippen LogP contribution in [-0.4, -0.2) is 37.1 Å². The molecular weight excluding hydrogens is 124 g/mol. The Hall–Kier alpha value is -0.0800. The van der Waals surface area contributed by atoms with Gasteiger partial charge in [0.1, 0.15) is 0 Å². The standard InChI is InChI=1S/C8H15N2/c1-2-8(3-1)10-6-4-9-5-7-10/h8H,1-7H2. The third-order valence-corrected chi connectivity index (χ3v) is 2.68. The molecule has 57 valence electrons. The van der Waals surface area contributed by atoms with Crippen molar-refractivity contribution in [3.8, 4) is 0 Å². The van der Waals surface area contributed by atoms with Crippen LogP contribution in [0, 0.1) is 0 Å². The van der Waals surface area contributed by atoms with E-state index >= 15 is 0 Å². The molecule has 0 spiro atoms. The van der Waals surface area contributed by atoms with E-state index in [2.05, 4.69) is 10.2 Å². The molecule has 1 aliphatic carbocycles. The molecule has 0 amide bonds. The van der Waals surface area contributed by atoms with Gasteiger partial charge < -0.3 is 0 Å². The number of nitrogens with zero attached hydrogens (tertiary/aromatic N) is 2. The van der Waals surface area contributed by atoms with E-state index in [1.165, 1.54) is 32.4 Å². The lowest BCUT2D eigenvalue weighted by molar-refractivity contribution is 0.111. The maximum absolute atomic E-state index is 4.33. The van der Waals surface area contributed by atoms with Crippen LogP contribution in [0.3, 0.4) is 0 Å². The first-order valence-corrected chi connectivity index (χ1v) is 4.34. The molecule has 1 saturated carbocycles. The van der Waals surface area contributed by atoms with Crippen molar-refractivity contribution in [3.05, 3.63) is 0 Å². The van der Waals surface area contributed by atoms with Gasteiger partial charge in [-0.05, 0) is 12.8 Å². The van der Waals surface area contributed by atoms with Crippen molar-refractivity contribution in [1.82, 2.24) is 10.2 Å². The summed E-state index contributed by atoms with van der Waals surface area (Å²) in [5.74, 6) is 0. The minimum atomic E-state index is 0.940. The van der Waals surface area contributed by atoms with Gasteiger partial charge in [0, 0.05) is 32.2 Å². The van der Waals surface area contributed by atoms with Gasteiger partial charge in [-0.3, -0.25) is 4.90 Å². The van der Waals surface area contributed by atoms with Crippen molar-refractivity contribution >= 4 is 0 Å². The summed E-state index contributed by atoms with van der Waals surface area (Å²) in [7, 11) is 0. The van der Waals surface area contributed by atoms with E-state index in [0.717, 1.165) is 19.1 Å². The molecule has 2 fully saturated rings. The van der Waals surface area contributed by atoms with Crippen LogP contribution in [-0.2, 0) is 0 Å². The van der Waals surface area contributed by atoms with Gasteiger partial charge in [-0.1, -0.05) is 6.42 Å². The highest BCUT2D eigenvalue weighted by molar-refractivity contribution is 4.82. The molecular formula is C8H15N2. The Morgan fingerprint density at radius 3 is 2.30 bits per heavy atom. The minimum absolute atomic E-state index is 0.940. The summed E-state index contributed by atoms with van der Waals surface area (Å²) in [4.78, 5) is 2.61. The quantitative estimate of drug-likeness (QED) is 0.516. The Bertz CT molecular complexity index is 104. The molecule has 1 saturated heterocycles. The number of hydrogen-bond donors (Lipinski definition) is 0. The molecule has 0 aromatic carbocycles. The summed E-state index contributed by atoms with van der Waals surface area (Å²) in [6.07, 6.45) is 4.35. The van der Waals surface area contributed by atoms with E-state index in [-0.39, 0.29) is 0 Å². The van der Waals surface area contributed by atoms with Crippen LogP contribution in [0.1, 0.15) is 19.3 Å². The van der Waals surface area contributed by atoms with Crippen LogP contribution in [0.2, 0.25) is 0 Å². The number of piperazine rings is 1. The van der Waals surface area contributed by atoms with Crippen molar-refractivity contribution in [2.45, 2.75) is 25.3 Å². The molecule has 0 aromatic heterocycles. The van der Waals surface area contributed by atoms with Gasteiger partial charge in [0.25, 0.3) is 0 Å². The zero-order valence-electron chi connectivity index (χ0n) is 6.42. The van der Waals surface area contributed by atoms with E-state index in [9.17, 15) is 0 Å². The molecule has 1 aliphatic heterocycles. The van der Waals surface area contributed by atoms with E-state index in [1.807, 2.05) is 0 Å². The predicted molar refractivity (Wildman–Crippen MR) is 41.1 cm³/mol. The van der Waals surface area contributed by atoms with Crippen LogP contribution in [0.5, 0.6) is 0 Å².